The van der Waals surface area contributed by atoms with Gasteiger partial charge < -0.3 is 18.9 Å². The predicted octanol–water partition coefficient (Wildman–Crippen LogP) is 2.11. The third kappa shape index (κ3) is 3.50. The van der Waals surface area contributed by atoms with Crippen molar-refractivity contribution in [3.8, 4) is 11.5 Å². The van der Waals surface area contributed by atoms with E-state index < -0.39 is 0 Å². The molecular weight excluding hydrogens is 308 g/mol. The lowest BCUT2D eigenvalue weighted by Gasteiger charge is -2.40. The number of pyridine rings is 1. The number of rotatable bonds is 6. The van der Waals surface area contributed by atoms with E-state index in [4.69, 9.17) is 18.9 Å². The second-order valence-electron chi connectivity index (χ2n) is 6.47. The Balaban J connectivity index is 1.79. The predicted molar refractivity (Wildman–Crippen MR) is 90.5 cm³/mol. The number of aromatic nitrogens is 1. The van der Waals surface area contributed by atoms with Crippen molar-refractivity contribution < 1.29 is 18.9 Å². The SMILES string of the molecule is COc1ccnc(CN2CCOCC2C2CCCC2OC)c1OC. The van der Waals surface area contributed by atoms with Crippen LogP contribution in [0.4, 0.5) is 0 Å². The largest absolute Gasteiger partial charge is 0.493 e. The number of hydrogen-bond acceptors (Lipinski definition) is 6. The summed E-state index contributed by atoms with van der Waals surface area (Å²) in [5.74, 6) is 1.97. The fourth-order valence-corrected chi connectivity index (χ4v) is 4.09. The van der Waals surface area contributed by atoms with Crippen LogP contribution in [-0.2, 0) is 16.0 Å². The van der Waals surface area contributed by atoms with Crippen LogP contribution in [0.3, 0.4) is 0 Å². The molecule has 1 saturated carbocycles. The van der Waals surface area contributed by atoms with E-state index >= 15 is 0 Å². The van der Waals surface area contributed by atoms with E-state index in [0.717, 1.165) is 49.9 Å². The van der Waals surface area contributed by atoms with E-state index in [0.29, 0.717) is 18.1 Å². The van der Waals surface area contributed by atoms with Gasteiger partial charge in [-0.3, -0.25) is 9.88 Å². The van der Waals surface area contributed by atoms with Gasteiger partial charge in [0.1, 0.15) is 5.69 Å². The first-order valence-electron chi connectivity index (χ1n) is 8.69. The van der Waals surface area contributed by atoms with Crippen LogP contribution in [0.15, 0.2) is 12.3 Å². The molecule has 3 unspecified atom stereocenters. The molecule has 1 saturated heterocycles. The van der Waals surface area contributed by atoms with E-state index in [-0.39, 0.29) is 0 Å². The quantitative estimate of drug-likeness (QED) is 0.793. The summed E-state index contributed by atoms with van der Waals surface area (Å²) in [6, 6.07) is 2.20. The van der Waals surface area contributed by atoms with Gasteiger partial charge >= 0.3 is 0 Å². The summed E-state index contributed by atoms with van der Waals surface area (Å²) in [4.78, 5) is 7.00. The highest BCUT2D eigenvalue weighted by molar-refractivity contribution is 5.42. The fraction of sp³-hybridized carbons (Fsp3) is 0.722. The van der Waals surface area contributed by atoms with Crippen LogP contribution in [0.25, 0.3) is 0 Å². The van der Waals surface area contributed by atoms with Crippen LogP contribution in [0.5, 0.6) is 11.5 Å². The van der Waals surface area contributed by atoms with Crippen molar-refractivity contribution in [3.05, 3.63) is 18.0 Å². The minimum Gasteiger partial charge on any atom is -0.493 e. The maximum absolute atomic E-state index is 5.78. The lowest BCUT2D eigenvalue weighted by molar-refractivity contribution is -0.0614. The van der Waals surface area contributed by atoms with Crippen molar-refractivity contribution in [1.82, 2.24) is 9.88 Å². The zero-order valence-corrected chi connectivity index (χ0v) is 14.9. The molecule has 134 valence electrons. The minimum absolute atomic E-state index is 0.333. The highest BCUT2D eigenvalue weighted by Gasteiger charge is 2.38. The van der Waals surface area contributed by atoms with Gasteiger partial charge in [0.25, 0.3) is 0 Å². The van der Waals surface area contributed by atoms with Gasteiger partial charge in [0.15, 0.2) is 11.5 Å². The average molecular weight is 336 g/mol. The molecule has 1 aliphatic carbocycles. The molecule has 2 heterocycles. The molecule has 1 aromatic rings. The van der Waals surface area contributed by atoms with E-state index in [2.05, 4.69) is 9.88 Å². The summed E-state index contributed by atoms with van der Waals surface area (Å²) < 4.78 is 22.4. The van der Waals surface area contributed by atoms with Gasteiger partial charge in [0.05, 0.1) is 33.5 Å². The zero-order valence-electron chi connectivity index (χ0n) is 14.9. The maximum atomic E-state index is 5.78. The Hall–Kier alpha value is -1.37. The van der Waals surface area contributed by atoms with Gasteiger partial charge in [-0.1, -0.05) is 6.42 Å². The fourth-order valence-electron chi connectivity index (χ4n) is 4.09. The summed E-state index contributed by atoms with van der Waals surface area (Å²) in [5.41, 5.74) is 0.913. The first-order chi connectivity index (χ1) is 11.8. The van der Waals surface area contributed by atoms with E-state index in [9.17, 15) is 0 Å². The topological polar surface area (TPSA) is 53.1 Å². The van der Waals surface area contributed by atoms with Gasteiger partial charge in [-0.15, -0.1) is 0 Å². The first-order valence-corrected chi connectivity index (χ1v) is 8.69. The zero-order chi connectivity index (χ0) is 16.9. The third-order valence-corrected chi connectivity index (χ3v) is 5.30. The van der Waals surface area contributed by atoms with Gasteiger partial charge in [-0.2, -0.15) is 0 Å². The number of hydrogen-bond donors (Lipinski definition) is 0. The van der Waals surface area contributed by atoms with Crippen molar-refractivity contribution in [1.29, 1.82) is 0 Å². The van der Waals surface area contributed by atoms with Crippen LogP contribution in [0, 0.1) is 5.92 Å². The minimum atomic E-state index is 0.333. The first kappa shape index (κ1) is 17.5. The van der Waals surface area contributed by atoms with E-state index in [1.807, 2.05) is 13.2 Å². The summed E-state index contributed by atoms with van der Waals surface area (Å²) in [7, 11) is 5.14. The molecule has 0 N–H and O–H groups in total. The maximum Gasteiger partial charge on any atom is 0.183 e. The Bertz CT molecular complexity index is 540. The monoisotopic (exact) mass is 336 g/mol. The molecular formula is C18H28N2O4. The Morgan fingerprint density at radius 2 is 2.12 bits per heavy atom. The lowest BCUT2D eigenvalue weighted by Crippen LogP contribution is -2.51. The van der Waals surface area contributed by atoms with Crippen LogP contribution in [0.1, 0.15) is 25.0 Å². The van der Waals surface area contributed by atoms with Gasteiger partial charge in [0, 0.05) is 44.4 Å². The second-order valence-corrected chi connectivity index (χ2v) is 6.47. The van der Waals surface area contributed by atoms with Crippen molar-refractivity contribution in [2.45, 2.75) is 38.0 Å². The summed E-state index contributed by atoms with van der Waals surface area (Å²) in [6.07, 6.45) is 5.69. The lowest BCUT2D eigenvalue weighted by atomic mass is 9.94. The van der Waals surface area contributed by atoms with E-state index in [1.165, 1.54) is 12.8 Å². The number of ether oxygens (including phenoxy) is 4. The normalized spacial score (nSPS) is 28.0. The summed E-state index contributed by atoms with van der Waals surface area (Å²) >= 11 is 0. The summed E-state index contributed by atoms with van der Waals surface area (Å²) in [5, 5.41) is 0. The molecule has 2 fully saturated rings. The van der Waals surface area contributed by atoms with Crippen molar-refractivity contribution in [2.24, 2.45) is 5.92 Å². The highest BCUT2D eigenvalue weighted by atomic mass is 16.5. The molecule has 0 bridgehead atoms. The second kappa shape index (κ2) is 8.14. The van der Waals surface area contributed by atoms with Crippen LogP contribution >= 0.6 is 0 Å². The third-order valence-electron chi connectivity index (χ3n) is 5.30. The smallest absolute Gasteiger partial charge is 0.183 e. The molecule has 1 aromatic heterocycles. The molecule has 2 aliphatic rings. The molecule has 6 heteroatoms. The molecule has 24 heavy (non-hydrogen) atoms. The summed E-state index contributed by atoms with van der Waals surface area (Å²) in [6.45, 7) is 3.16. The Morgan fingerprint density at radius 3 is 2.88 bits per heavy atom. The number of nitrogens with zero attached hydrogens (tertiary/aromatic N) is 2. The van der Waals surface area contributed by atoms with Crippen molar-refractivity contribution >= 4 is 0 Å². The Kier molecular flexibility index (Phi) is 5.92. The number of methoxy groups -OCH3 is 3. The van der Waals surface area contributed by atoms with Crippen molar-refractivity contribution in [3.63, 3.8) is 0 Å². The van der Waals surface area contributed by atoms with Crippen LogP contribution < -0.4 is 9.47 Å². The molecule has 3 atom stereocenters. The average Bonchev–Trinajstić information content (AvgIpc) is 3.10. The van der Waals surface area contributed by atoms with Gasteiger partial charge in [0.2, 0.25) is 0 Å². The molecule has 0 radical (unpaired) electrons. The van der Waals surface area contributed by atoms with E-state index in [1.54, 1.807) is 20.4 Å². The molecule has 3 rings (SSSR count). The Labute approximate surface area is 144 Å². The Morgan fingerprint density at radius 1 is 1.25 bits per heavy atom. The molecule has 1 aliphatic heterocycles. The van der Waals surface area contributed by atoms with Crippen molar-refractivity contribution in [2.75, 3.05) is 41.1 Å². The van der Waals surface area contributed by atoms with Gasteiger partial charge in [-0.05, 0) is 12.8 Å². The van der Waals surface area contributed by atoms with Gasteiger partial charge in [-0.25, -0.2) is 0 Å². The van der Waals surface area contributed by atoms with Crippen LogP contribution in [0.2, 0.25) is 0 Å². The highest BCUT2D eigenvalue weighted by Crippen LogP contribution is 2.36. The molecule has 0 spiro atoms. The molecule has 0 aromatic carbocycles. The molecule has 0 amide bonds. The molecule has 6 nitrogen and oxygen atoms in total. The standard InChI is InChI=1S/C18H28N2O4/c1-21-16-6-4-5-13(16)15-12-24-10-9-20(15)11-14-18(23-3)17(22-2)7-8-19-14/h7-8,13,15-16H,4-6,9-12H2,1-3H3. The van der Waals surface area contributed by atoms with Crippen LogP contribution in [-0.4, -0.2) is 63.1 Å². The number of morpholine rings is 1.